The Labute approximate surface area is 120 Å². The minimum absolute atomic E-state index is 0.0219. The van der Waals surface area contributed by atoms with Gasteiger partial charge in [-0.2, -0.15) is 0 Å². The maximum Gasteiger partial charge on any atom is 0.327 e. The molecule has 1 saturated heterocycles. The highest BCUT2D eigenvalue weighted by Gasteiger charge is 2.29. The van der Waals surface area contributed by atoms with Gasteiger partial charge in [0.1, 0.15) is 6.04 Å². The molecule has 1 aliphatic rings. The van der Waals surface area contributed by atoms with E-state index in [0.29, 0.717) is 6.61 Å². The number of carbonyl (C=O) groups is 1. The fourth-order valence-electron chi connectivity index (χ4n) is 2.70. The van der Waals surface area contributed by atoms with Gasteiger partial charge >= 0.3 is 5.97 Å². The van der Waals surface area contributed by atoms with Gasteiger partial charge in [0, 0.05) is 0 Å². The smallest absolute Gasteiger partial charge is 0.327 e. The number of nitrogens with zero attached hydrogens (tertiary/aromatic N) is 1. The molecule has 1 aliphatic heterocycles. The van der Waals surface area contributed by atoms with Crippen LogP contribution < -0.4 is 0 Å². The Balaban J connectivity index is 2.21. The Morgan fingerprint density at radius 2 is 1.90 bits per heavy atom. The molecule has 0 amide bonds. The zero-order valence-electron chi connectivity index (χ0n) is 12.0. The summed E-state index contributed by atoms with van der Waals surface area (Å²) in [6, 6.07) is 7.25. The van der Waals surface area contributed by atoms with Crippen molar-refractivity contribution >= 4 is 5.97 Å². The number of esters is 1. The van der Waals surface area contributed by atoms with E-state index in [-0.39, 0.29) is 18.6 Å². The summed E-state index contributed by atoms with van der Waals surface area (Å²) in [6.45, 7) is 4.13. The Hall–Kier alpha value is -1.39. The average molecular weight is 277 g/mol. The van der Waals surface area contributed by atoms with E-state index in [1.807, 2.05) is 31.2 Å². The van der Waals surface area contributed by atoms with Crippen molar-refractivity contribution in [3.05, 3.63) is 35.4 Å². The zero-order chi connectivity index (χ0) is 14.4. The van der Waals surface area contributed by atoms with Crippen molar-refractivity contribution in [3.8, 4) is 0 Å². The molecule has 1 unspecified atom stereocenters. The molecular formula is C16H23NO3. The number of carbonyl (C=O) groups excluding carboxylic acids is 1. The average Bonchev–Trinajstić information content (AvgIpc) is 2.50. The van der Waals surface area contributed by atoms with E-state index >= 15 is 0 Å². The monoisotopic (exact) mass is 277 g/mol. The molecule has 0 aliphatic carbocycles. The summed E-state index contributed by atoms with van der Waals surface area (Å²) in [4.78, 5) is 14.5. The van der Waals surface area contributed by atoms with Crippen LogP contribution >= 0.6 is 0 Å². The third-order valence-corrected chi connectivity index (χ3v) is 3.74. The summed E-state index contributed by atoms with van der Waals surface area (Å²) in [6.07, 6.45) is 3.49. The van der Waals surface area contributed by atoms with Gasteiger partial charge in [-0.1, -0.05) is 30.7 Å². The summed E-state index contributed by atoms with van der Waals surface area (Å²) >= 11 is 0. The molecule has 1 heterocycles. The first-order valence-electron chi connectivity index (χ1n) is 7.36. The van der Waals surface area contributed by atoms with Gasteiger partial charge in [-0.05, 0) is 44.0 Å². The van der Waals surface area contributed by atoms with E-state index in [4.69, 9.17) is 9.84 Å². The molecule has 0 saturated carbocycles. The fourth-order valence-corrected chi connectivity index (χ4v) is 2.70. The van der Waals surface area contributed by atoms with E-state index in [2.05, 4.69) is 4.90 Å². The number of likely N-dealkylation sites (tertiary alicyclic amines) is 1. The molecule has 1 aromatic carbocycles. The standard InChI is InChI=1S/C16H23NO3/c1-2-20-16(19)15(17-10-4-3-5-11-17)14-8-6-13(12-18)7-9-14/h6-9,15,18H,2-5,10-12H2,1H3. The van der Waals surface area contributed by atoms with Crippen LogP contribution in [0, 0.1) is 0 Å². The van der Waals surface area contributed by atoms with Crippen LogP contribution in [0.1, 0.15) is 43.4 Å². The lowest BCUT2D eigenvalue weighted by molar-refractivity contribution is -0.150. The second kappa shape index (κ2) is 7.41. The van der Waals surface area contributed by atoms with E-state index in [0.717, 1.165) is 37.1 Å². The highest BCUT2D eigenvalue weighted by molar-refractivity contribution is 5.77. The lowest BCUT2D eigenvalue weighted by Gasteiger charge is -2.33. The molecule has 20 heavy (non-hydrogen) atoms. The minimum Gasteiger partial charge on any atom is -0.465 e. The van der Waals surface area contributed by atoms with Gasteiger partial charge in [-0.15, -0.1) is 0 Å². The summed E-state index contributed by atoms with van der Waals surface area (Å²) in [5.74, 6) is -0.175. The van der Waals surface area contributed by atoms with Gasteiger partial charge in [0.25, 0.3) is 0 Å². The van der Waals surface area contributed by atoms with Crippen molar-refractivity contribution in [3.63, 3.8) is 0 Å². The number of aliphatic hydroxyl groups excluding tert-OH is 1. The van der Waals surface area contributed by atoms with Crippen LogP contribution in [0.5, 0.6) is 0 Å². The van der Waals surface area contributed by atoms with Crippen molar-refractivity contribution in [2.24, 2.45) is 0 Å². The highest BCUT2D eigenvalue weighted by atomic mass is 16.5. The third kappa shape index (κ3) is 3.58. The molecule has 1 atom stereocenters. The number of aliphatic hydroxyl groups is 1. The number of hydrogen-bond acceptors (Lipinski definition) is 4. The van der Waals surface area contributed by atoms with Crippen molar-refractivity contribution in [1.29, 1.82) is 0 Å². The number of ether oxygens (including phenoxy) is 1. The summed E-state index contributed by atoms with van der Waals surface area (Å²) in [7, 11) is 0. The van der Waals surface area contributed by atoms with Crippen LogP contribution in [0.15, 0.2) is 24.3 Å². The van der Waals surface area contributed by atoms with Crippen molar-refractivity contribution < 1.29 is 14.6 Å². The molecule has 0 radical (unpaired) electrons. The van der Waals surface area contributed by atoms with Gasteiger partial charge in [0.05, 0.1) is 13.2 Å². The lowest BCUT2D eigenvalue weighted by Crippen LogP contribution is -2.38. The first-order valence-corrected chi connectivity index (χ1v) is 7.36. The maximum atomic E-state index is 12.3. The molecule has 1 aromatic rings. The maximum absolute atomic E-state index is 12.3. The second-order valence-corrected chi connectivity index (χ2v) is 5.15. The SMILES string of the molecule is CCOC(=O)C(c1ccc(CO)cc1)N1CCCCC1. The van der Waals surface area contributed by atoms with E-state index in [9.17, 15) is 4.79 Å². The Morgan fingerprint density at radius 3 is 2.45 bits per heavy atom. The third-order valence-electron chi connectivity index (χ3n) is 3.74. The van der Waals surface area contributed by atoms with Crippen LogP contribution in [-0.4, -0.2) is 35.7 Å². The normalized spacial score (nSPS) is 17.7. The van der Waals surface area contributed by atoms with Crippen LogP contribution in [0.2, 0.25) is 0 Å². The number of rotatable bonds is 5. The molecule has 4 heteroatoms. The minimum atomic E-state index is -0.317. The zero-order valence-corrected chi connectivity index (χ0v) is 12.0. The highest BCUT2D eigenvalue weighted by Crippen LogP contribution is 2.26. The van der Waals surface area contributed by atoms with Gasteiger partial charge in [0.2, 0.25) is 0 Å². The Bertz CT molecular complexity index is 424. The molecular weight excluding hydrogens is 254 g/mol. The van der Waals surface area contributed by atoms with Crippen LogP contribution in [0.3, 0.4) is 0 Å². The molecule has 1 fully saturated rings. The predicted octanol–water partition coefficient (Wildman–Crippen LogP) is 2.27. The topological polar surface area (TPSA) is 49.8 Å². The van der Waals surface area contributed by atoms with E-state index in [1.165, 1.54) is 6.42 Å². The van der Waals surface area contributed by atoms with Gasteiger partial charge in [-0.3, -0.25) is 4.90 Å². The fraction of sp³-hybridized carbons (Fsp3) is 0.562. The largest absolute Gasteiger partial charge is 0.465 e. The molecule has 2 rings (SSSR count). The van der Waals surface area contributed by atoms with E-state index in [1.54, 1.807) is 0 Å². The molecule has 1 N–H and O–H groups in total. The van der Waals surface area contributed by atoms with Crippen LogP contribution in [-0.2, 0) is 16.1 Å². The molecule has 0 spiro atoms. The van der Waals surface area contributed by atoms with Gasteiger partial charge in [0.15, 0.2) is 0 Å². The van der Waals surface area contributed by atoms with Gasteiger partial charge < -0.3 is 9.84 Å². The number of hydrogen-bond donors (Lipinski definition) is 1. The summed E-state index contributed by atoms with van der Waals surface area (Å²) in [5.41, 5.74) is 1.80. The second-order valence-electron chi connectivity index (χ2n) is 5.15. The van der Waals surface area contributed by atoms with Crippen LogP contribution in [0.4, 0.5) is 0 Å². The van der Waals surface area contributed by atoms with Crippen molar-refractivity contribution in [2.75, 3.05) is 19.7 Å². The van der Waals surface area contributed by atoms with E-state index < -0.39 is 0 Å². The predicted molar refractivity (Wildman–Crippen MR) is 77.2 cm³/mol. The quantitative estimate of drug-likeness (QED) is 0.839. The van der Waals surface area contributed by atoms with Gasteiger partial charge in [-0.25, -0.2) is 4.79 Å². The molecule has 0 aromatic heterocycles. The summed E-state index contributed by atoms with van der Waals surface area (Å²) in [5, 5.41) is 9.11. The number of piperidine rings is 1. The number of benzene rings is 1. The Morgan fingerprint density at radius 1 is 1.25 bits per heavy atom. The first kappa shape index (κ1) is 15.0. The summed E-state index contributed by atoms with van der Waals surface area (Å²) < 4.78 is 5.24. The molecule has 4 nitrogen and oxygen atoms in total. The van der Waals surface area contributed by atoms with Crippen LogP contribution in [0.25, 0.3) is 0 Å². The molecule has 0 bridgehead atoms. The lowest BCUT2D eigenvalue weighted by atomic mass is 10.0. The first-order chi connectivity index (χ1) is 9.76. The van der Waals surface area contributed by atoms with Crippen molar-refractivity contribution in [1.82, 2.24) is 4.90 Å². The molecule has 110 valence electrons. The van der Waals surface area contributed by atoms with Crippen molar-refractivity contribution in [2.45, 2.75) is 38.8 Å². The Kier molecular flexibility index (Phi) is 5.56.